The minimum absolute atomic E-state index is 0.0107. The number of anilines is 1. The van der Waals surface area contributed by atoms with Gasteiger partial charge in [0, 0.05) is 17.8 Å². The van der Waals surface area contributed by atoms with E-state index in [-0.39, 0.29) is 40.6 Å². The van der Waals surface area contributed by atoms with Crippen LogP contribution in [0.4, 0.5) is 19.0 Å². The standard InChI is InChI=1S/C22H20F3N5O4/c1-12-19(21(33)28-18-7-4-8-26-18)30-20(27-12)17(34-11-13(32)10-31)9-16(29-30)14-5-2-3-6-15(14)22(23,24)25/h2-9,13,26,31-32H,10-11H2,1H3,(H,28,33). The zero-order valence-corrected chi connectivity index (χ0v) is 17.8. The number of ether oxygens (including phenoxy) is 1. The predicted molar refractivity (Wildman–Crippen MR) is 115 cm³/mol. The van der Waals surface area contributed by atoms with Gasteiger partial charge in [0.25, 0.3) is 5.91 Å². The Morgan fingerprint density at radius 1 is 1.26 bits per heavy atom. The quantitative estimate of drug-likeness (QED) is 0.326. The SMILES string of the molecule is Cc1nc2c(OCC(O)CO)cc(-c3ccccc3C(F)(F)F)nn2c1C(=O)Nc1ccc[nH]1. The molecule has 1 aromatic carbocycles. The molecule has 3 aromatic heterocycles. The maximum atomic E-state index is 13.7. The van der Waals surface area contributed by atoms with Crippen LogP contribution in [0, 0.1) is 6.92 Å². The summed E-state index contributed by atoms with van der Waals surface area (Å²) in [6.45, 7) is 0.614. The molecule has 4 N–H and O–H groups in total. The molecule has 0 aliphatic carbocycles. The maximum Gasteiger partial charge on any atom is 0.417 e. The third kappa shape index (κ3) is 4.58. The van der Waals surface area contributed by atoms with Gasteiger partial charge in [-0.15, -0.1) is 0 Å². The number of carbonyl (C=O) groups is 1. The summed E-state index contributed by atoms with van der Waals surface area (Å²) >= 11 is 0. The molecular formula is C22H20F3N5O4. The minimum atomic E-state index is -4.65. The Kier molecular flexibility index (Phi) is 6.26. The van der Waals surface area contributed by atoms with Crippen LogP contribution < -0.4 is 10.1 Å². The Bertz CT molecular complexity index is 1320. The zero-order valence-electron chi connectivity index (χ0n) is 17.8. The van der Waals surface area contributed by atoms with Crippen LogP contribution in [0.15, 0.2) is 48.7 Å². The lowest BCUT2D eigenvalue weighted by atomic mass is 10.0. The van der Waals surface area contributed by atoms with Gasteiger partial charge in [-0.25, -0.2) is 9.50 Å². The number of carbonyl (C=O) groups excluding carboxylic acids is 1. The number of H-pyrrole nitrogens is 1. The van der Waals surface area contributed by atoms with E-state index in [1.165, 1.54) is 24.3 Å². The molecule has 4 rings (SSSR count). The molecule has 178 valence electrons. The Labute approximate surface area is 190 Å². The predicted octanol–water partition coefficient (Wildman–Crippen LogP) is 3.04. The Morgan fingerprint density at radius 3 is 2.71 bits per heavy atom. The van der Waals surface area contributed by atoms with Crippen LogP contribution in [0.3, 0.4) is 0 Å². The second-order valence-electron chi connectivity index (χ2n) is 7.40. The Hall–Kier alpha value is -3.90. The van der Waals surface area contributed by atoms with Crippen LogP contribution in [-0.2, 0) is 6.18 Å². The lowest BCUT2D eigenvalue weighted by Gasteiger charge is -2.15. The highest BCUT2D eigenvalue weighted by Crippen LogP contribution is 2.37. The van der Waals surface area contributed by atoms with Crippen molar-refractivity contribution in [3.63, 3.8) is 0 Å². The van der Waals surface area contributed by atoms with Gasteiger partial charge in [0.1, 0.15) is 18.5 Å². The van der Waals surface area contributed by atoms with E-state index in [1.54, 1.807) is 25.3 Å². The van der Waals surface area contributed by atoms with E-state index in [0.717, 1.165) is 10.6 Å². The number of nitrogens with one attached hydrogen (secondary N) is 2. The molecule has 0 aliphatic rings. The summed E-state index contributed by atoms with van der Waals surface area (Å²) in [4.78, 5) is 20.1. The molecule has 0 saturated carbocycles. The summed E-state index contributed by atoms with van der Waals surface area (Å²) < 4.78 is 47.7. The number of nitrogens with zero attached hydrogens (tertiary/aromatic N) is 3. The molecule has 0 aliphatic heterocycles. The number of aromatic nitrogens is 4. The molecule has 3 heterocycles. The van der Waals surface area contributed by atoms with Crippen molar-refractivity contribution in [1.82, 2.24) is 19.6 Å². The first-order valence-corrected chi connectivity index (χ1v) is 10.1. The first-order chi connectivity index (χ1) is 16.2. The smallest absolute Gasteiger partial charge is 0.417 e. The molecule has 34 heavy (non-hydrogen) atoms. The Balaban J connectivity index is 1.90. The molecule has 0 radical (unpaired) electrons. The fourth-order valence-corrected chi connectivity index (χ4v) is 3.38. The van der Waals surface area contributed by atoms with Gasteiger partial charge < -0.3 is 25.3 Å². The van der Waals surface area contributed by atoms with E-state index in [9.17, 15) is 23.1 Å². The number of hydrogen-bond donors (Lipinski definition) is 4. The number of aliphatic hydroxyl groups excluding tert-OH is 2. The van der Waals surface area contributed by atoms with Crippen LogP contribution in [-0.4, -0.2) is 55.0 Å². The van der Waals surface area contributed by atoms with Gasteiger partial charge in [0.05, 0.1) is 23.6 Å². The van der Waals surface area contributed by atoms with Crippen molar-refractivity contribution in [3.05, 3.63) is 65.6 Å². The van der Waals surface area contributed by atoms with Crippen molar-refractivity contribution in [2.45, 2.75) is 19.2 Å². The van der Waals surface area contributed by atoms with Gasteiger partial charge >= 0.3 is 6.18 Å². The number of amides is 1. The first-order valence-electron chi connectivity index (χ1n) is 10.1. The molecule has 0 fully saturated rings. The van der Waals surface area contributed by atoms with E-state index < -0.39 is 30.4 Å². The van der Waals surface area contributed by atoms with Gasteiger partial charge in [0.2, 0.25) is 0 Å². The number of aryl methyl sites for hydroxylation is 1. The summed E-state index contributed by atoms with van der Waals surface area (Å²) in [5.74, 6) is -0.209. The van der Waals surface area contributed by atoms with E-state index in [2.05, 4.69) is 20.4 Å². The molecule has 0 spiro atoms. The number of imidazole rings is 1. The lowest BCUT2D eigenvalue weighted by molar-refractivity contribution is -0.137. The van der Waals surface area contributed by atoms with Crippen molar-refractivity contribution in [3.8, 4) is 17.0 Å². The summed E-state index contributed by atoms with van der Waals surface area (Å²) in [5, 5.41) is 25.7. The summed E-state index contributed by atoms with van der Waals surface area (Å²) in [6, 6.07) is 9.44. The van der Waals surface area contributed by atoms with Crippen molar-refractivity contribution < 1.29 is 32.9 Å². The summed E-state index contributed by atoms with van der Waals surface area (Å²) in [7, 11) is 0. The van der Waals surface area contributed by atoms with Crippen molar-refractivity contribution in [2.24, 2.45) is 0 Å². The highest BCUT2D eigenvalue weighted by atomic mass is 19.4. The average molecular weight is 475 g/mol. The monoisotopic (exact) mass is 475 g/mol. The van der Waals surface area contributed by atoms with E-state index in [1.807, 2.05) is 0 Å². The normalized spacial score (nSPS) is 12.6. The molecular weight excluding hydrogens is 455 g/mol. The minimum Gasteiger partial charge on any atom is -0.487 e. The summed E-state index contributed by atoms with van der Waals surface area (Å²) in [6.07, 6.45) is -4.27. The second-order valence-corrected chi connectivity index (χ2v) is 7.40. The number of hydrogen-bond acceptors (Lipinski definition) is 6. The van der Waals surface area contributed by atoms with Crippen LogP contribution >= 0.6 is 0 Å². The third-order valence-corrected chi connectivity index (χ3v) is 4.94. The highest BCUT2D eigenvalue weighted by molar-refractivity contribution is 6.04. The molecule has 9 nitrogen and oxygen atoms in total. The van der Waals surface area contributed by atoms with E-state index in [0.29, 0.717) is 5.82 Å². The number of aliphatic hydroxyl groups is 2. The van der Waals surface area contributed by atoms with Crippen LogP contribution in [0.5, 0.6) is 5.75 Å². The second kappa shape index (κ2) is 9.15. The van der Waals surface area contributed by atoms with Crippen LogP contribution in [0.2, 0.25) is 0 Å². The number of rotatable bonds is 7. The van der Waals surface area contributed by atoms with Gasteiger partial charge in [-0.3, -0.25) is 4.79 Å². The van der Waals surface area contributed by atoms with E-state index in [4.69, 9.17) is 9.84 Å². The molecule has 1 unspecified atom stereocenters. The van der Waals surface area contributed by atoms with Crippen LogP contribution in [0.25, 0.3) is 16.9 Å². The number of alkyl halides is 3. The number of fused-ring (bicyclic) bond motifs is 1. The van der Waals surface area contributed by atoms with Crippen molar-refractivity contribution >= 4 is 17.4 Å². The van der Waals surface area contributed by atoms with Crippen molar-refractivity contribution in [2.75, 3.05) is 18.5 Å². The average Bonchev–Trinajstić information content (AvgIpc) is 3.43. The fraction of sp³-hybridized carbons (Fsp3) is 0.227. The molecule has 12 heteroatoms. The maximum absolute atomic E-state index is 13.7. The number of aromatic amines is 1. The van der Waals surface area contributed by atoms with E-state index >= 15 is 0 Å². The summed E-state index contributed by atoms with van der Waals surface area (Å²) in [5.41, 5.74) is -0.967. The third-order valence-electron chi connectivity index (χ3n) is 4.94. The first kappa shape index (κ1) is 23.3. The topological polar surface area (TPSA) is 125 Å². The largest absolute Gasteiger partial charge is 0.487 e. The lowest BCUT2D eigenvalue weighted by Crippen LogP contribution is -2.22. The van der Waals surface area contributed by atoms with Gasteiger partial charge in [-0.2, -0.15) is 18.3 Å². The van der Waals surface area contributed by atoms with Gasteiger partial charge in [-0.05, 0) is 25.1 Å². The number of halogens is 3. The number of benzene rings is 1. The van der Waals surface area contributed by atoms with Gasteiger partial charge in [0.15, 0.2) is 17.1 Å². The fourth-order valence-electron chi connectivity index (χ4n) is 3.38. The molecule has 1 atom stereocenters. The van der Waals surface area contributed by atoms with Crippen LogP contribution in [0.1, 0.15) is 21.7 Å². The zero-order chi connectivity index (χ0) is 24.5. The van der Waals surface area contributed by atoms with Crippen molar-refractivity contribution in [1.29, 1.82) is 0 Å². The van der Waals surface area contributed by atoms with Gasteiger partial charge in [-0.1, -0.05) is 18.2 Å². The molecule has 1 amide bonds. The highest BCUT2D eigenvalue weighted by Gasteiger charge is 2.34. The Morgan fingerprint density at radius 2 is 2.03 bits per heavy atom. The molecule has 0 saturated heterocycles. The molecule has 0 bridgehead atoms. The molecule has 4 aromatic rings.